The molecule has 2 unspecified atom stereocenters. The van der Waals surface area contributed by atoms with Crippen molar-refractivity contribution >= 4 is 11.9 Å². The van der Waals surface area contributed by atoms with Gasteiger partial charge in [-0.05, 0) is 96.3 Å². The van der Waals surface area contributed by atoms with Gasteiger partial charge in [-0.15, -0.1) is 0 Å². The first-order valence-electron chi connectivity index (χ1n) is 35.1. The van der Waals surface area contributed by atoms with Crippen molar-refractivity contribution in [1.29, 1.82) is 0 Å². The fraction of sp³-hybridized carbons (Fsp3) is 0.836. The van der Waals surface area contributed by atoms with Crippen LogP contribution < -0.4 is 5.32 Å². The number of carbonyl (C=O) groups excluding carboxylic acids is 2. The highest BCUT2D eigenvalue weighted by molar-refractivity contribution is 5.76. The van der Waals surface area contributed by atoms with Crippen LogP contribution in [0.5, 0.6) is 0 Å². The van der Waals surface area contributed by atoms with E-state index >= 15 is 0 Å². The maximum atomic E-state index is 12.4. The molecule has 0 spiro atoms. The highest BCUT2D eigenvalue weighted by atomic mass is 16.5. The number of esters is 1. The van der Waals surface area contributed by atoms with Crippen molar-refractivity contribution in [2.45, 2.75) is 379 Å². The maximum absolute atomic E-state index is 12.4. The van der Waals surface area contributed by atoms with E-state index in [4.69, 9.17) is 4.74 Å². The third-order valence-electron chi connectivity index (χ3n) is 16.0. The third kappa shape index (κ3) is 64.6. The molecule has 0 heterocycles. The predicted octanol–water partition coefficient (Wildman–Crippen LogP) is 22.6. The van der Waals surface area contributed by atoms with Crippen LogP contribution in [0.4, 0.5) is 0 Å². The van der Waals surface area contributed by atoms with Gasteiger partial charge in [0.05, 0.1) is 25.4 Å². The first kappa shape index (κ1) is 76.6. The molecule has 0 aromatic rings. The number of aliphatic hydroxyl groups excluding tert-OH is 2. The molecule has 0 bridgehead atoms. The first-order chi connectivity index (χ1) is 39.0. The van der Waals surface area contributed by atoms with Crippen molar-refractivity contribution in [2.75, 3.05) is 13.2 Å². The van der Waals surface area contributed by atoms with Gasteiger partial charge in [0.1, 0.15) is 0 Å². The summed E-state index contributed by atoms with van der Waals surface area (Å²) >= 11 is 0. The molecule has 0 saturated heterocycles. The second-order valence-corrected chi connectivity index (χ2v) is 23.9. The van der Waals surface area contributed by atoms with Crippen molar-refractivity contribution in [2.24, 2.45) is 0 Å². The number of hydrogen-bond donors (Lipinski definition) is 3. The molecule has 0 aliphatic heterocycles. The molecule has 0 fully saturated rings. The van der Waals surface area contributed by atoms with Gasteiger partial charge >= 0.3 is 5.97 Å². The molecule has 0 aliphatic rings. The number of unbranched alkanes of at least 4 members (excludes halogenated alkanes) is 46. The zero-order valence-corrected chi connectivity index (χ0v) is 52.9. The van der Waals surface area contributed by atoms with Crippen LogP contribution in [0.2, 0.25) is 0 Å². The Hall–Kier alpha value is -2.44. The van der Waals surface area contributed by atoms with Crippen LogP contribution in [-0.2, 0) is 14.3 Å². The van der Waals surface area contributed by atoms with Gasteiger partial charge in [-0.3, -0.25) is 9.59 Å². The summed E-state index contributed by atoms with van der Waals surface area (Å²) in [7, 11) is 0. The average Bonchev–Trinajstić information content (AvgIpc) is 3.45. The van der Waals surface area contributed by atoms with Crippen LogP contribution in [0.3, 0.4) is 0 Å². The molecule has 462 valence electrons. The molecule has 3 N–H and O–H groups in total. The van der Waals surface area contributed by atoms with Crippen molar-refractivity contribution in [1.82, 2.24) is 5.32 Å². The van der Waals surface area contributed by atoms with E-state index in [1.165, 1.54) is 283 Å². The fourth-order valence-electron chi connectivity index (χ4n) is 10.6. The number of ether oxygens (including phenoxy) is 1. The highest BCUT2D eigenvalue weighted by Gasteiger charge is 2.18. The molecule has 0 aromatic carbocycles. The molecule has 0 aliphatic carbocycles. The summed E-state index contributed by atoms with van der Waals surface area (Å²) in [4.78, 5) is 24.5. The SMILES string of the molecule is CCCCCC/C=C\C/C=C\CCCCCCCCCC(=O)OCCCCCCCCCCCCC/C=C\C/C=C\CCCCCCCCCCCCCCCCCCCC(=O)NC(CO)C(O)/C=C/CCCCCCCCC. The lowest BCUT2D eigenvalue weighted by Gasteiger charge is -2.20. The van der Waals surface area contributed by atoms with Gasteiger partial charge in [0, 0.05) is 12.8 Å². The minimum atomic E-state index is -0.841. The molecular formula is C73H135NO5. The number of nitrogens with one attached hydrogen (secondary N) is 1. The van der Waals surface area contributed by atoms with Crippen molar-refractivity contribution in [3.05, 3.63) is 60.8 Å². The molecule has 2 atom stereocenters. The first-order valence-corrected chi connectivity index (χ1v) is 35.1. The van der Waals surface area contributed by atoms with Crippen LogP contribution in [0.25, 0.3) is 0 Å². The molecule has 6 heteroatoms. The van der Waals surface area contributed by atoms with E-state index in [0.29, 0.717) is 19.4 Å². The van der Waals surface area contributed by atoms with Crippen LogP contribution in [0.1, 0.15) is 367 Å². The lowest BCUT2D eigenvalue weighted by atomic mass is 10.0. The third-order valence-corrected chi connectivity index (χ3v) is 16.0. The van der Waals surface area contributed by atoms with Gasteiger partial charge < -0.3 is 20.3 Å². The second-order valence-electron chi connectivity index (χ2n) is 23.9. The molecule has 1 amide bonds. The number of hydrogen-bond acceptors (Lipinski definition) is 5. The van der Waals surface area contributed by atoms with Crippen LogP contribution >= 0.6 is 0 Å². The van der Waals surface area contributed by atoms with E-state index < -0.39 is 12.1 Å². The summed E-state index contributed by atoms with van der Waals surface area (Å²) in [5.74, 6) is -0.0590. The van der Waals surface area contributed by atoms with E-state index in [9.17, 15) is 19.8 Å². The monoisotopic (exact) mass is 1110 g/mol. The van der Waals surface area contributed by atoms with Gasteiger partial charge in [0.2, 0.25) is 5.91 Å². The normalized spacial score (nSPS) is 12.9. The molecule has 79 heavy (non-hydrogen) atoms. The van der Waals surface area contributed by atoms with Crippen LogP contribution in [-0.4, -0.2) is 47.4 Å². The van der Waals surface area contributed by atoms with E-state index in [0.717, 1.165) is 57.8 Å². The number of carbonyl (C=O) groups is 2. The summed E-state index contributed by atoms with van der Waals surface area (Å²) in [6.07, 6.45) is 90.3. The van der Waals surface area contributed by atoms with Gasteiger partial charge in [0.15, 0.2) is 0 Å². The number of rotatable bonds is 65. The molecule has 0 saturated carbocycles. The Morgan fingerprint density at radius 3 is 0.975 bits per heavy atom. The lowest BCUT2D eigenvalue weighted by molar-refractivity contribution is -0.143. The summed E-state index contributed by atoms with van der Waals surface area (Å²) in [5.41, 5.74) is 0. The maximum Gasteiger partial charge on any atom is 0.305 e. The summed E-state index contributed by atoms with van der Waals surface area (Å²) < 4.78 is 5.50. The van der Waals surface area contributed by atoms with Crippen LogP contribution in [0.15, 0.2) is 60.8 Å². The minimum absolute atomic E-state index is 0.00892. The van der Waals surface area contributed by atoms with E-state index in [-0.39, 0.29) is 18.5 Å². The summed E-state index contributed by atoms with van der Waals surface area (Å²) in [5, 5.41) is 23.0. The largest absolute Gasteiger partial charge is 0.466 e. The quantitative estimate of drug-likeness (QED) is 0.0320. The number of amides is 1. The average molecular weight is 1110 g/mol. The summed E-state index contributed by atoms with van der Waals surface area (Å²) in [6.45, 7) is 4.87. The second kappa shape index (κ2) is 68.1. The Morgan fingerprint density at radius 2 is 0.633 bits per heavy atom. The Kier molecular flexibility index (Phi) is 66.0. The Bertz CT molecular complexity index is 1370. The molecule has 0 radical (unpaired) electrons. The summed E-state index contributed by atoms with van der Waals surface area (Å²) in [6, 6.07) is -0.625. The number of aliphatic hydroxyl groups is 2. The van der Waals surface area contributed by atoms with E-state index in [1.807, 2.05) is 6.08 Å². The predicted molar refractivity (Wildman–Crippen MR) is 347 cm³/mol. The Labute approximate surface area is 492 Å². The minimum Gasteiger partial charge on any atom is -0.466 e. The van der Waals surface area contributed by atoms with Crippen molar-refractivity contribution < 1.29 is 24.5 Å². The lowest BCUT2D eigenvalue weighted by Crippen LogP contribution is -2.45. The zero-order chi connectivity index (χ0) is 57.1. The van der Waals surface area contributed by atoms with Crippen molar-refractivity contribution in [3.8, 4) is 0 Å². The molecular weight excluding hydrogens is 971 g/mol. The van der Waals surface area contributed by atoms with Crippen LogP contribution in [0, 0.1) is 0 Å². The van der Waals surface area contributed by atoms with E-state index in [1.54, 1.807) is 6.08 Å². The molecule has 6 nitrogen and oxygen atoms in total. The zero-order valence-electron chi connectivity index (χ0n) is 52.9. The smallest absolute Gasteiger partial charge is 0.305 e. The van der Waals surface area contributed by atoms with E-state index in [2.05, 4.69) is 67.8 Å². The Morgan fingerprint density at radius 1 is 0.354 bits per heavy atom. The van der Waals surface area contributed by atoms with Crippen molar-refractivity contribution in [3.63, 3.8) is 0 Å². The topological polar surface area (TPSA) is 95.9 Å². The van der Waals surface area contributed by atoms with Gasteiger partial charge in [0.25, 0.3) is 0 Å². The number of allylic oxidation sites excluding steroid dienone is 9. The van der Waals surface area contributed by atoms with Gasteiger partial charge in [-0.2, -0.15) is 0 Å². The highest BCUT2D eigenvalue weighted by Crippen LogP contribution is 2.17. The Balaban J connectivity index is 3.36. The van der Waals surface area contributed by atoms with Gasteiger partial charge in [-0.1, -0.05) is 319 Å². The fourth-order valence-corrected chi connectivity index (χ4v) is 10.6. The molecule has 0 aromatic heterocycles. The van der Waals surface area contributed by atoms with Gasteiger partial charge in [-0.25, -0.2) is 0 Å². The molecule has 0 rings (SSSR count). The standard InChI is InChI=1S/C73H135NO5/c1-3-5-7-9-11-13-14-15-16-17-38-41-44-47-51-55-59-63-67-73(78)79-68-64-60-56-52-48-45-42-39-36-34-32-30-28-26-24-22-20-18-19-21-23-25-27-29-31-33-35-37-40-43-46-50-54-58-62-66-72(77)74-70(69-75)71(76)65-61-57-53-49-12-10-8-6-4-2/h13-14,16-17,20,22,26,28,61,65,70-71,75-76H,3-12,15,18-19,21,23-25,27,29-60,62-64,66-69H2,1-2H3,(H,74,77)/b14-13-,17-16-,22-20-,28-26-,65-61+.